The fourth-order valence-corrected chi connectivity index (χ4v) is 3.99. The van der Waals surface area contributed by atoms with Gasteiger partial charge in [0.1, 0.15) is 5.75 Å². The largest absolute Gasteiger partial charge is 0.497 e. The predicted molar refractivity (Wildman–Crippen MR) is 117 cm³/mol. The van der Waals surface area contributed by atoms with Gasteiger partial charge in [0, 0.05) is 18.4 Å². The Labute approximate surface area is 178 Å². The number of fused-ring (bicyclic) bond motifs is 1. The molecule has 0 spiro atoms. The summed E-state index contributed by atoms with van der Waals surface area (Å²) in [4.78, 5) is 10.6. The second kappa shape index (κ2) is 11.3. The molecule has 1 fully saturated rings. The number of rotatable bonds is 11. The zero-order chi connectivity index (χ0) is 21.3. The third-order valence-electron chi connectivity index (χ3n) is 5.77. The minimum atomic E-state index is -0.742. The van der Waals surface area contributed by atoms with Gasteiger partial charge in [-0.05, 0) is 60.7 Å². The number of hydrogen-bond donors (Lipinski definition) is 2. The fourth-order valence-electron chi connectivity index (χ4n) is 3.99. The molecule has 1 unspecified atom stereocenters. The molecule has 0 aliphatic carbocycles. The first-order valence-electron chi connectivity index (χ1n) is 10.9. The summed E-state index contributed by atoms with van der Waals surface area (Å²) in [5, 5.41) is 14.5. The second-order valence-electron chi connectivity index (χ2n) is 7.86. The quantitative estimate of drug-likeness (QED) is 0.533. The Balaban J connectivity index is 1.48. The molecule has 2 N–H and O–H groups in total. The molecule has 164 valence electrons. The lowest BCUT2D eigenvalue weighted by Crippen LogP contribution is -2.34. The lowest BCUT2D eigenvalue weighted by Gasteiger charge is -2.31. The van der Waals surface area contributed by atoms with Gasteiger partial charge in [0.05, 0.1) is 20.3 Å². The maximum absolute atomic E-state index is 10.6. The first-order chi connectivity index (χ1) is 14.6. The van der Waals surface area contributed by atoms with E-state index in [1.165, 1.54) is 10.9 Å². The van der Waals surface area contributed by atoms with Crippen LogP contribution in [0.4, 0.5) is 0 Å². The summed E-state index contributed by atoms with van der Waals surface area (Å²) in [6.07, 6.45) is 3.48. The molecule has 6 nitrogen and oxygen atoms in total. The highest BCUT2D eigenvalue weighted by molar-refractivity contribution is 5.87. The van der Waals surface area contributed by atoms with Crippen molar-refractivity contribution >= 4 is 16.7 Å². The van der Waals surface area contributed by atoms with Crippen LogP contribution in [0.2, 0.25) is 0 Å². The molecule has 30 heavy (non-hydrogen) atoms. The van der Waals surface area contributed by atoms with Crippen molar-refractivity contribution < 1.29 is 24.1 Å². The average Bonchev–Trinajstić information content (AvgIpc) is 2.78. The van der Waals surface area contributed by atoms with Crippen LogP contribution in [0.1, 0.15) is 50.5 Å². The van der Waals surface area contributed by atoms with Crippen molar-refractivity contribution in [2.24, 2.45) is 0 Å². The molecule has 0 radical (unpaired) electrons. The molecule has 0 amide bonds. The van der Waals surface area contributed by atoms with E-state index in [9.17, 15) is 4.79 Å². The van der Waals surface area contributed by atoms with Gasteiger partial charge in [-0.25, -0.2) is 0 Å². The smallest absolute Gasteiger partial charge is 0.303 e. The minimum Gasteiger partial charge on any atom is -0.497 e. The number of benzene rings is 2. The average molecular weight is 416 g/mol. The van der Waals surface area contributed by atoms with Crippen molar-refractivity contribution in [3.63, 3.8) is 0 Å². The number of carboxylic acid groups (broad SMARTS) is 1. The van der Waals surface area contributed by atoms with E-state index in [1.807, 2.05) is 6.07 Å². The first kappa shape index (κ1) is 22.5. The molecule has 0 aromatic heterocycles. The van der Waals surface area contributed by atoms with Crippen molar-refractivity contribution in [2.45, 2.75) is 57.3 Å². The van der Waals surface area contributed by atoms with Gasteiger partial charge >= 0.3 is 5.97 Å². The Morgan fingerprint density at radius 2 is 2.07 bits per heavy atom. The van der Waals surface area contributed by atoms with Crippen molar-refractivity contribution in [3.05, 3.63) is 42.0 Å². The Morgan fingerprint density at radius 1 is 1.27 bits per heavy atom. The van der Waals surface area contributed by atoms with Gasteiger partial charge < -0.3 is 24.6 Å². The van der Waals surface area contributed by atoms with Crippen LogP contribution in [0.5, 0.6) is 5.75 Å². The topological polar surface area (TPSA) is 77.0 Å². The molecule has 0 bridgehead atoms. The van der Waals surface area contributed by atoms with Crippen LogP contribution < -0.4 is 10.1 Å². The zero-order valence-electron chi connectivity index (χ0n) is 17.9. The summed E-state index contributed by atoms with van der Waals surface area (Å²) in [6.45, 7) is 4.17. The number of nitrogens with one attached hydrogen (secondary N) is 1. The second-order valence-corrected chi connectivity index (χ2v) is 7.86. The highest BCUT2D eigenvalue weighted by atomic mass is 16.7. The third kappa shape index (κ3) is 6.17. The molecule has 1 heterocycles. The molecule has 1 aliphatic heterocycles. The maximum atomic E-state index is 10.6. The van der Waals surface area contributed by atoms with E-state index in [0.29, 0.717) is 25.7 Å². The number of methoxy groups -OCH3 is 1. The van der Waals surface area contributed by atoms with Gasteiger partial charge in [0.2, 0.25) is 0 Å². The van der Waals surface area contributed by atoms with Crippen LogP contribution in [0.3, 0.4) is 0 Å². The summed E-state index contributed by atoms with van der Waals surface area (Å²) in [7, 11) is 1.68. The van der Waals surface area contributed by atoms with E-state index in [-0.39, 0.29) is 18.6 Å². The summed E-state index contributed by atoms with van der Waals surface area (Å²) >= 11 is 0. The van der Waals surface area contributed by atoms with Crippen LogP contribution in [-0.4, -0.2) is 50.3 Å². The Hall–Kier alpha value is -2.15. The molecule has 6 heteroatoms. The maximum Gasteiger partial charge on any atom is 0.303 e. The predicted octanol–water partition coefficient (Wildman–Crippen LogP) is 4.32. The van der Waals surface area contributed by atoms with Crippen molar-refractivity contribution in [2.75, 3.05) is 26.9 Å². The summed E-state index contributed by atoms with van der Waals surface area (Å²) in [5.41, 5.74) is 1.25. The minimum absolute atomic E-state index is 0.175. The Bertz CT molecular complexity index is 816. The number of aliphatic carboxylic acids is 1. The van der Waals surface area contributed by atoms with E-state index >= 15 is 0 Å². The molecular weight excluding hydrogens is 382 g/mol. The molecule has 2 aromatic rings. The molecular formula is C24H33NO5. The number of hydrogen-bond acceptors (Lipinski definition) is 5. The lowest BCUT2D eigenvalue weighted by molar-refractivity contribution is -0.190. The van der Waals surface area contributed by atoms with Crippen molar-refractivity contribution in [1.82, 2.24) is 5.32 Å². The molecule has 2 aromatic carbocycles. The Kier molecular flexibility index (Phi) is 8.49. The van der Waals surface area contributed by atoms with Gasteiger partial charge in [-0.3, -0.25) is 4.79 Å². The van der Waals surface area contributed by atoms with Crippen LogP contribution in [0, 0.1) is 0 Å². The monoisotopic (exact) mass is 415 g/mol. The Morgan fingerprint density at radius 3 is 2.77 bits per heavy atom. The summed E-state index contributed by atoms with van der Waals surface area (Å²) in [6, 6.07) is 12.8. The van der Waals surface area contributed by atoms with Crippen LogP contribution >= 0.6 is 0 Å². The number of carboxylic acids is 1. The standard InChI is InChI=1S/C24H33NO5/c1-3-19(25-13-5-8-23(26)27)9-12-24-29-15-18(16-30-24)21-7-4-6-17-14-20(28-2)10-11-22(17)21/h4,6-7,10-11,14,18-19,24-25H,3,5,8-9,12-13,15-16H2,1-2H3,(H,26,27). The van der Waals surface area contributed by atoms with Crippen molar-refractivity contribution in [1.29, 1.82) is 0 Å². The van der Waals surface area contributed by atoms with Gasteiger partial charge in [-0.15, -0.1) is 0 Å². The van der Waals surface area contributed by atoms with Gasteiger partial charge in [-0.1, -0.05) is 31.2 Å². The molecule has 1 aliphatic rings. The summed E-state index contributed by atoms with van der Waals surface area (Å²) in [5.74, 6) is 0.334. The summed E-state index contributed by atoms with van der Waals surface area (Å²) < 4.78 is 17.4. The first-order valence-corrected chi connectivity index (χ1v) is 10.9. The van der Waals surface area contributed by atoms with E-state index < -0.39 is 5.97 Å². The van der Waals surface area contributed by atoms with Crippen LogP contribution in [0.15, 0.2) is 36.4 Å². The lowest BCUT2D eigenvalue weighted by atomic mass is 9.94. The van der Waals surface area contributed by atoms with E-state index in [2.05, 4.69) is 42.6 Å². The zero-order valence-corrected chi connectivity index (χ0v) is 17.9. The van der Waals surface area contributed by atoms with Gasteiger partial charge in [0.25, 0.3) is 0 Å². The van der Waals surface area contributed by atoms with Gasteiger partial charge in [-0.2, -0.15) is 0 Å². The van der Waals surface area contributed by atoms with Crippen LogP contribution in [-0.2, 0) is 14.3 Å². The van der Waals surface area contributed by atoms with Gasteiger partial charge in [0.15, 0.2) is 6.29 Å². The molecule has 0 saturated carbocycles. The molecule has 1 saturated heterocycles. The highest BCUT2D eigenvalue weighted by Gasteiger charge is 2.25. The number of ether oxygens (including phenoxy) is 3. The van der Waals surface area contributed by atoms with E-state index in [0.717, 1.165) is 36.9 Å². The molecule has 1 atom stereocenters. The molecule has 3 rings (SSSR count). The van der Waals surface area contributed by atoms with E-state index in [4.69, 9.17) is 19.3 Å². The number of carbonyl (C=O) groups is 1. The third-order valence-corrected chi connectivity index (χ3v) is 5.77. The van der Waals surface area contributed by atoms with Crippen molar-refractivity contribution in [3.8, 4) is 5.75 Å². The van der Waals surface area contributed by atoms with E-state index in [1.54, 1.807) is 7.11 Å². The SMILES string of the molecule is CCC(CCC1OCC(c2cccc3cc(OC)ccc23)CO1)NCCCC(=O)O. The normalized spacial score (nSPS) is 20.2. The highest BCUT2D eigenvalue weighted by Crippen LogP contribution is 2.31. The fraction of sp³-hybridized carbons (Fsp3) is 0.542. The van der Waals surface area contributed by atoms with Crippen LogP contribution in [0.25, 0.3) is 10.8 Å².